The maximum atomic E-state index is 12.7. The molecule has 0 rings (SSSR count). The van der Waals surface area contributed by atoms with Gasteiger partial charge in [0.05, 0.1) is 0 Å². The summed E-state index contributed by atoms with van der Waals surface area (Å²) in [4.78, 5) is 37.9. The lowest BCUT2D eigenvalue weighted by atomic mass is 10.00. The Labute approximate surface area is 361 Å². The van der Waals surface area contributed by atoms with E-state index in [2.05, 4.69) is 34.6 Å². The fraction of sp³-hybridized carbons (Fsp3) is 0.942. The van der Waals surface area contributed by atoms with Crippen molar-refractivity contribution in [2.75, 3.05) is 13.2 Å². The lowest BCUT2D eigenvalue weighted by Crippen LogP contribution is -2.30. The van der Waals surface area contributed by atoms with Gasteiger partial charge in [-0.05, 0) is 31.1 Å². The monoisotopic (exact) mass is 821 g/mol. The van der Waals surface area contributed by atoms with Crippen molar-refractivity contribution in [2.45, 2.75) is 291 Å². The summed E-state index contributed by atoms with van der Waals surface area (Å²) in [6, 6.07) is 0. The van der Waals surface area contributed by atoms with Crippen LogP contribution in [0.5, 0.6) is 0 Å². The number of rotatable bonds is 46. The molecule has 0 aromatic heterocycles. The zero-order valence-corrected chi connectivity index (χ0v) is 39.7. The van der Waals surface area contributed by atoms with E-state index in [1.807, 2.05) is 0 Å². The van der Waals surface area contributed by atoms with Crippen molar-refractivity contribution in [3.05, 3.63) is 0 Å². The molecule has 0 N–H and O–H groups in total. The molecule has 0 saturated heterocycles. The molecule has 6 nitrogen and oxygen atoms in total. The van der Waals surface area contributed by atoms with E-state index in [0.29, 0.717) is 19.3 Å². The van der Waals surface area contributed by atoms with E-state index >= 15 is 0 Å². The molecule has 0 fully saturated rings. The van der Waals surface area contributed by atoms with Crippen LogP contribution in [0.2, 0.25) is 0 Å². The smallest absolute Gasteiger partial charge is 0.306 e. The molecule has 0 aliphatic rings. The van der Waals surface area contributed by atoms with Crippen LogP contribution >= 0.6 is 0 Å². The van der Waals surface area contributed by atoms with Gasteiger partial charge in [-0.2, -0.15) is 0 Å². The Morgan fingerprint density at radius 2 is 0.655 bits per heavy atom. The number of carbonyl (C=O) groups is 3. The van der Waals surface area contributed by atoms with Crippen molar-refractivity contribution >= 4 is 17.9 Å². The van der Waals surface area contributed by atoms with Crippen LogP contribution in [0.4, 0.5) is 0 Å². The number of hydrogen-bond donors (Lipinski definition) is 0. The minimum atomic E-state index is -0.762. The second-order valence-electron chi connectivity index (χ2n) is 18.5. The van der Waals surface area contributed by atoms with Gasteiger partial charge in [-0.25, -0.2) is 0 Å². The Hall–Kier alpha value is -1.59. The van der Waals surface area contributed by atoms with Crippen LogP contribution in [0, 0.1) is 11.8 Å². The quantitative estimate of drug-likeness (QED) is 0.0346. The van der Waals surface area contributed by atoms with Gasteiger partial charge in [-0.1, -0.05) is 247 Å². The third-order valence-corrected chi connectivity index (χ3v) is 12.1. The average Bonchev–Trinajstić information content (AvgIpc) is 3.21. The first-order valence-corrected chi connectivity index (χ1v) is 25.8. The van der Waals surface area contributed by atoms with Crippen molar-refractivity contribution in [2.24, 2.45) is 11.8 Å². The van der Waals surface area contributed by atoms with E-state index in [-0.39, 0.29) is 31.1 Å². The van der Waals surface area contributed by atoms with Gasteiger partial charge >= 0.3 is 17.9 Å². The Kier molecular flexibility index (Phi) is 43.7. The van der Waals surface area contributed by atoms with E-state index in [1.165, 1.54) is 173 Å². The normalized spacial score (nSPS) is 12.5. The largest absolute Gasteiger partial charge is 0.462 e. The highest BCUT2D eigenvalue weighted by molar-refractivity contribution is 5.71. The summed E-state index contributed by atoms with van der Waals surface area (Å²) in [6.45, 7) is 11.3. The van der Waals surface area contributed by atoms with Crippen molar-refractivity contribution < 1.29 is 28.6 Å². The van der Waals surface area contributed by atoms with E-state index in [9.17, 15) is 14.4 Å². The standard InChI is InChI=1S/C52H100O6/c1-6-8-9-10-11-12-13-14-15-16-20-23-26-32-37-42-50(53)56-45-49(58-52(55)44-39-34-29-28-31-36-41-48(5)7-2)46-57-51(54)43-38-33-27-24-21-18-17-19-22-25-30-35-40-47(3)4/h47-49H,6-46H2,1-5H3/t48?,49-/m1/s1. The molecule has 58 heavy (non-hydrogen) atoms. The number of unbranched alkanes of at least 4 members (excludes halogenated alkanes) is 30. The van der Waals surface area contributed by atoms with Gasteiger partial charge in [0.1, 0.15) is 13.2 Å². The fourth-order valence-corrected chi connectivity index (χ4v) is 7.78. The van der Waals surface area contributed by atoms with Crippen LogP contribution in [0.15, 0.2) is 0 Å². The summed E-state index contributed by atoms with van der Waals surface area (Å²) < 4.78 is 16.8. The molecular formula is C52H100O6. The highest BCUT2D eigenvalue weighted by Crippen LogP contribution is 2.18. The van der Waals surface area contributed by atoms with Crippen LogP contribution in [0.3, 0.4) is 0 Å². The minimum absolute atomic E-state index is 0.0646. The summed E-state index contributed by atoms with van der Waals surface area (Å²) >= 11 is 0. The molecule has 2 atom stereocenters. The van der Waals surface area contributed by atoms with Crippen LogP contribution < -0.4 is 0 Å². The first-order valence-electron chi connectivity index (χ1n) is 25.8. The van der Waals surface area contributed by atoms with Gasteiger partial charge < -0.3 is 14.2 Å². The van der Waals surface area contributed by atoms with Crippen molar-refractivity contribution in [1.82, 2.24) is 0 Å². The van der Waals surface area contributed by atoms with E-state index in [0.717, 1.165) is 69.6 Å². The molecule has 344 valence electrons. The van der Waals surface area contributed by atoms with Gasteiger partial charge in [0.15, 0.2) is 6.10 Å². The average molecular weight is 821 g/mol. The Bertz CT molecular complexity index is 887. The van der Waals surface area contributed by atoms with Gasteiger partial charge in [0.2, 0.25) is 0 Å². The molecule has 0 aromatic carbocycles. The zero-order chi connectivity index (χ0) is 42.6. The van der Waals surface area contributed by atoms with E-state index < -0.39 is 6.10 Å². The SMILES string of the molecule is CCCCCCCCCCCCCCCCCC(=O)OC[C@H](COC(=O)CCCCCCCCCCCCCCC(C)C)OC(=O)CCCCCCCCC(C)CC. The van der Waals surface area contributed by atoms with Crippen molar-refractivity contribution in [3.63, 3.8) is 0 Å². The van der Waals surface area contributed by atoms with Gasteiger partial charge in [-0.3, -0.25) is 14.4 Å². The van der Waals surface area contributed by atoms with Gasteiger partial charge in [0, 0.05) is 19.3 Å². The molecule has 0 aliphatic heterocycles. The number of hydrogen-bond acceptors (Lipinski definition) is 6. The molecule has 0 amide bonds. The summed E-state index contributed by atoms with van der Waals surface area (Å²) in [5.74, 6) is 0.792. The summed E-state index contributed by atoms with van der Waals surface area (Å²) in [6.07, 6.45) is 45.2. The molecule has 0 heterocycles. The van der Waals surface area contributed by atoms with Crippen LogP contribution in [0.25, 0.3) is 0 Å². The molecule has 6 heteroatoms. The molecule has 1 unspecified atom stereocenters. The molecule has 0 spiro atoms. The summed E-state index contributed by atoms with van der Waals surface area (Å²) in [5.41, 5.74) is 0. The molecular weight excluding hydrogens is 721 g/mol. The second kappa shape index (κ2) is 44.9. The topological polar surface area (TPSA) is 78.9 Å². The highest BCUT2D eigenvalue weighted by atomic mass is 16.6. The van der Waals surface area contributed by atoms with E-state index in [4.69, 9.17) is 14.2 Å². The first-order chi connectivity index (χ1) is 28.3. The maximum Gasteiger partial charge on any atom is 0.306 e. The first kappa shape index (κ1) is 56.4. The van der Waals surface area contributed by atoms with Gasteiger partial charge in [-0.15, -0.1) is 0 Å². The second-order valence-corrected chi connectivity index (χ2v) is 18.5. The summed E-state index contributed by atoms with van der Waals surface area (Å²) in [5, 5.41) is 0. The Balaban J connectivity index is 4.28. The zero-order valence-electron chi connectivity index (χ0n) is 39.7. The number of ether oxygens (including phenoxy) is 3. The van der Waals surface area contributed by atoms with E-state index in [1.54, 1.807) is 0 Å². The fourth-order valence-electron chi connectivity index (χ4n) is 7.78. The molecule has 0 aliphatic carbocycles. The summed E-state index contributed by atoms with van der Waals surface area (Å²) in [7, 11) is 0. The lowest BCUT2D eigenvalue weighted by Gasteiger charge is -2.18. The Morgan fingerprint density at radius 3 is 0.983 bits per heavy atom. The Morgan fingerprint density at radius 1 is 0.362 bits per heavy atom. The highest BCUT2D eigenvalue weighted by Gasteiger charge is 2.19. The maximum absolute atomic E-state index is 12.7. The third-order valence-electron chi connectivity index (χ3n) is 12.1. The van der Waals surface area contributed by atoms with Crippen LogP contribution in [0.1, 0.15) is 285 Å². The minimum Gasteiger partial charge on any atom is -0.462 e. The predicted molar refractivity (Wildman–Crippen MR) is 247 cm³/mol. The van der Waals surface area contributed by atoms with Crippen LogP contribution in [-0.2, 0) is 28.6 Å². The lowest BCUT2D eigenvalue weighted by molar-refractivity contribution is -0.167. The molecule has 0 radical (unpaired) electrons. The van der Waals surface area contributed by atoms with Crippen molar-refractivity contribution in [3.8, 4) is 0 Å². The third kappa shape index (κ3) is 44.0. The molecule has 0 bridgehead atoms. The number of esters is 3. The number of carbonyl (C=O) groups excluding carboxylic acids is 3. The molecule has 0 aromatic rings. The predicted octanol–water partition coefficient (Wildman–Crippen LogP) is 16.5. The molecule has 0 saturated carbocycles. The van der Waals surface area contributed by atoms with Gasteiger partial charge in [0.25, 0.3) is 0 Å². The van der Waals surface area contributed by atoms with Crippen LogP contribution in [-0.4, -0.2) is 37.2 Å². The van der Waals surface area contributed by atoms with Crippen molar-refractivity contribution in [1.29, 1.82) is 0 Å².